The largest absolute Gasteiger partial charge is 0.506 e. The number of carbonyl (C=O) groups is 4. The Bertz CT molecular complexity index is 1730. The predicted octanol–water partition coefficient (Wildman–Crippen LogP) is 4.78. The van der Waals surface area contributed by atoms with Gasteiger partial charge < -0.3 is 39.3 Å². The summed E-state index contributed by atoms with van der Waals surface area (Å²) < 4.78 is 17.0. The number of benzene rings is 2. The third-order valence-corrected chi connectivity index (χ3v) is 13.1. The quantitative estimate of drug-likeness (QED) is 0.304. The normalized spacial score (nSPS) is 21.2. The van der Waals surface area contributed by atoms with Crippen LogP contribution in [0.5, 0.6) is 5.75 Å². The molecule has 5 aliphatic heterocycles. The number of nitrogens with one attached hydrogen (secondary N) is 1. The Labute approximate surface area is 346 Å². The third-order valence-electron chi connectivity index (χ3n) is 12.8. The van der Waals surface area contributed by atoms with Gasteiger partial charge in [-0.3, -0.25) is 19.4 Å². The van der Waals surface area contributed by atoms with Gasteiger partial charge in [0.2, 0.25) is 0 Å². The van der Waals surface area contributed by atoms with Gasteiger partial charge >= 0.3 is 18.1 Å². The number of hydrogen-bond donors (Lipinski definition) is 2. The lowest BCUT2D eigenvalue weighted by Crippen LogP contribution is -2.52. The van der Waals surface area contributed by atoms with Gasteiger partial charge in [-0.2, -0.15) is 0 Å². The number of piperidine rings is 3. The smallest absolute Gasteiger partial charge is 0.410 e. The number of aromatic hydroxyl groups is 1. The molecule has 0 aliphatic carbocycles. The van der Waals surface area contributed by atoms with Gasteiger partial charge in [0.25, 0.3) is 5.91 Å². The van der Waals surface area contributed by atoms with Crippen LogP contribution in [0.2, 0.25) is 5.02 Å². The lowest BCUT2D eigenvalue weighted by atomic mass is 9.78. The Morgan fingerprint density at radius 3 is 2.26 bits per heavy atom. The molecule has 15 heteroatoms. The van der Waals surface area contributed by atoms with E-state index in [1.807, 2.05) is 34.1 Å². The van der Waals surface area contributed by atoms with Crippen molar-refractivity contribution in [2.24, 2.45) is 11.8 Å². The topological polar surface area (TPSA) is 144 Å². The van der Waals surface area contributed by atoms with Gasteiger partial charge in [0.05, 0.1) is 24.8 Å². The molecule has 5 aliphatic rings. The number of carbonyl (C=O) groups excluding carboxylic acids is 4. The summed E-state index contributed by atoms with van der Waals surface area (Å²) in [6.45, 7) is 10.7. The van der Waals surface area contributed by atoms with Crippen molar-refractivity contribution in [3.63, 3.8) is 0 Å². The molecule has 0 bridgehead atoms. The van der Waals surface area contributed by atoms with E-state index in [1.54, 1.807) is 24.0 Å². The highest BCUT2D eigenvalue weighted by Gasteiger charge is 2.37. The maximum Gasteiger partial charge on any atom is 0.410 e. The van der Waals surface area contributed by atoms with Crippen LogP contribution in [0.15, 0.2) is 36.4 Å². The Morgan fingerprint density at radius 1 is 0.879 bits per heavy atom. The molecule has 0 spiro atoms. The average molecular weight is 823 g/mol. The van der Waals surface area contributed by atoms with Crippen molar-refractivity contribution in [2.75, 3.05) is 97.1 Å². The Hall–Kier alpha value is -4.11. The second-order valence-electron chi connectivity index (χ2n) is 16.5. The summed E-state index contributed by atoms with van der Waals surface area (Å²) in [6, 6.07) is 11.1. The van der Waals surface area contributed by atoms with Crippen molar-refractivity contribution in [3.8, 4) is 5.75 Å². The molecular weight excluding hydrogens is 764 g/mol. The summed E-state index contributed by atoms with van der Waals surface area (Å²) >= 11 is 6.33. The van der Waals surface area contributed by atoms with Crippen molar-refractivity contribution in [3.05, 3.63) is 58.1 Å². The van der Waals surface area contributed by atoms with Gasteiger partial charge in [-0.15, -0.1) is 0 Å². The van der Waals surface area contributed by atoms with Gasteiger partial charge in [-0.1, -0.05) is 35.9 Å². The van der Waals surface area contributed by atoms with Crippen LogP contribution in [0.4, 0.5) is 15.3 Å². The molecule has 0 unspecified atom stereocenters. The molecule has 0 aromatic heterocycles. The number of amides is 4. The second kappa shape index (κ2) is 19.8. The molecule has 4 saturated heterocycles. The first-order valence-corrected chi connectivity index (χ1v) is 21.5. The molecule has 5 heterocycles. The van der Waals surface area contributed by atoms with Gasteiger partial charge in [0, 0.05) is 70.5 Å². The molecule has 4 fully saturated rings. The zero-order valence-corrected chi connectivity index (χ0v) is 34.5. The molecule has 14 nitrogen and oxygen atoms in total. The van der Waals surface area contributed by atoms with Crippen LogP contribution in [-0.2, 0) is 36.6 Å². The lowest BCUT2D eigenvalue weighted by Gasteiger charge is -2.41. The summed E-state index contributed by atoms with van der Waals surface area (Å²) in [5.74, 6) is 0.596. The lowest BCUT2D eigenvalue weighted by molar-refractivity contribution is -0.146. The molecule has 58 heavy (non-hydrogen) atoms. The minimum atomic E-state index is -1.06. The molecular formula is C43H59ClN6O8. The van der Waals surface area contributed by atoms with E-state index >= 15 is 0 Å². The van der Waals surface area contributed by atoms with E-state index in [2.05, 4.69) is 15.1 Å². The third kappa shape index (κ3) is 10.7. The minimum Gasteiger partial charge on any atom is -0.506 e. The summed E-state index contributed by atoms with van der Waals surface area (Å²) in [5, 5.41) is 13.5. The second-order valence-corrected chi connectivity index (χ2v) is 16.9. The molecule has 316 valence electrons. The van der Waals surface area contributed by atoms with Crippen molar-refractivity contribution >= 4 is 41.3 Å². The highest BCUT2D eigenvalue weighted by molar-refractivity contribution is 6.32. The fourth-order valence-corrected chi connectivity index (χ4v) is 9.62. The van der Waals surface area contributed by atoms with E-state index in [4.69, 9.17) is 25.8 Å². The number of rotatable bonds is 11. The van der Waals surface area contributed by atoms with E-state index in [9.17, 15) is 24.3 Å². The molecule has 0 radical (unpaired) electrons. The van der Waals surface area contributed by atoms with E-state index in [0.29, 0.717) is 81.7 Å². The molecule has 7 rings (SSSR count). The van der Waals surface area contributed by atoms with E-state index < -0.39 is 12.2 Å². The molecule has 1 atom stereocenters. The van der Waals surface area contributed by atoms with Crippen molar-refractivity contribution in [2.45, 2.75) is 70.4 Å². The molecule has 4 amide bonds. The van der Waals surface area contributed by atoms with Crippen LogP contribution in [0.25, 0.3) is 0 Å². The molecule has 2 aromatic carbocycles. The minimum absolute atomic E-state index is 0.0116. The highest BCUT2D eigenvalue weighted by atomic mass is 35.5. The van der Waals surface area contributed by atoms with Crippen LogP contribution < -0.4 is 5.32 Å². The van der Waals surface area contributed by atoms with Gasteiger partial charge in [-0.05, 0) is 106 Å². The number of fused-ring (bicyclic) bond motifs is 1. The van der Waals surface area contributed by atoms with Crippen molar-refractivity contribution < 1.29 is 38.5 Å². The zero-order valence-electron chi connectivity index (χ0n) is 33.7. The number of halogens is 1. The Morgan fingerprint density at radius 2 is 1.55 bits per heavy atom. The highest BCUT2D eigenvalue weighted by Crippen LogP contribution is 2.34. The predicted molar refractivity (Wildman–Crippen MR) is 219 cm³/mol. The van der Waals surface area contributed by atoms with Gasteiger partial charge in [0.15, 0.2) is 6.10 Å². The fraction of sp³-hybridized carbons (Fsp3) is 0.628. The maximum absolute atomic E-state index is 14.2. The number of esters is 1. The average Bonchev–Trinajstić information content (AvgIpc) is 3.41. The van der Waals surface area contributed by atoms with Crippen LogP contribution in [0, 0.1) is 18.8 Å². The number of anilines is 1. The number of para-hydroxylation sites is 1. The number of nitrogens with zero attached hydrogens (tertiary/aromatic N) is 5. The zero-order chi connectivity index (χ0) is 40.6. The van der Waals surface area contributed by atoms with Gasteiger partial charge in [0.1, 0.15) is 12.4 Å². The number of ether oxygens (including phenoxy) is 3. The van der Waals surface area contributed by atoms with Crippen LogP contribution in [-0.4, -0.2) is 158 Å². The van der Waals surface area contributed by atoms with E-state index in [0.717, 1.165) is 89.3 Å². The number of morpholine rings is 1. The van der Waals surface area contributed by atoms with Gasteiger partial charge in [-0.25, -0.2) is 9.59 Å². The summed E-state index contributed by atoms with van der Waals surface area (Å²) in [4.78, 5) is 63.4. The number of phenolic OH excluding ortho intramolecular Hbond substituents is 1. The number of aryl methyl sites for hydroxylation is 1. The fourth-order valence-electron chi connectivity index (χ4n) is 9.33. The Balaban J connectivity index is 0.892. The number of urea groups is 1. The maximum atomic E-state index is 14.2. The molecule has 2 N–H and O–H groups in total. The summed E-state index contributed by atoms with van der Waals surface area (Å²) in [6.07, 6.45) is 4.24. The number of likely N-dealkylation sites (tertiary alicyclic amines) is 3. The van der Waals surface area contributed by atoms with E-state index in [-0.39, 0.29) is 41.1 Å². The molecule has 0 saturated carbocycles. The monoisotopic (exact) mass is 822 g/mol. The Kier molecular flexibility index (Phi) is 14.3. The number of hydrogen-bond acceptors (Lipinski definition) is 10. The molecule has 2 aromatic rings. The first-order chi connectivity index (χ1) is 28.1. The number of phenols is 1. The van der Waals surface area contributed by atoms with Crippen LogP contribution in [0.1, 0.15) is 55.2 Å². The first-order valence-electron chi connectivity index (χ1n) is 21.2. The first kappa shape index (κ1) is 42.0. The standard InChI is InChI=1S/C43H59ClN6O8/c1-30-26-31(27-36(44)40(30)52)28-38(58-43(55)49-17-11-35(12-18-49)50-19-10-34-4-2-3-5-37(34)45-42(50)54)41(53)48-15-8-33(9-16-48)32-6-13-47(14-7-32)29-39(51)57-25-22-46-20-23-56-24-21-46/h2-5,26-27,32-33,35,38,52H,6-25,28-29H2,1H3,(H,45,54)/t38-/m1/s1. The SMILES string of the molecule is Cc1cc(C[C@@H](OC(=O)N2CCC(N3CCc4ccccc4NC3=O)CC2)C(=O)N2CCC(C3CCN(CC(=O)OCCN4CCOCC4)CC3)CC2)cc(Cl)c1O. The van der Waals surface area contributed by atoms with Crippen molar-refractivity contribution in [1.29, 1.82) is 0 Å². The van der Waals surface area contributed by atoms with Crippen LogP contribution in [0.3, 0.4) is 0 Å². The summed E-state index contributed by atoms with van der Waals surface area (Å²) in [5.41, 5.74) is 3.22. The van der Waals surface area contributed by atoms with E-state index in [1.165, 1.54) is 0 Å². The summed E-state index contributed by atoms with van der Waals surface area (Å²) in [7, 11) is 0. The van der Waals surface area contributed by atoms with Crippen LogP contribution >= 0.6 is 11.6 Å². The van der Waals surface area contributed by atoms with Crippen molar-refractivity contribution in [1.82, 2.24) is 24.5 Å².